The molecular weight excluding hydrogens is 426 g/mol. The van der Waals surface area contributed by atoms with E-state index in [-0.39, 0.29) is 18.6 Å². The van der Waals surface area contributed by atoms with Crippen LogP contribution >= 0.6 is 0 Å². The Labute approximate surface area is 197 Å². The number of phenols is 1. The van der Waals surface area contributed by atoms with Gasteiger partial charge in [0, 0.05) is 0 Å². The third-order valence-electron chi connectivity index (χ3n) is 4.06. The van der Waals surface area contributed by atoms with E-state index < -0.39 is 46.8 Å². The van der Waals surface area contributed by atoms with Crippen molar-refractivity contribution in [2.24, 2.45) is 5.92 Å². The summed E-state index contributed by atoms with van der Waals surface area (Å²) in [6.45, 7) is 15.6. The van der Waals surface area contributed by atoms with Gasteiger partial charge in [0.2, 0.25) is 0 Å². The summed E-state index contributed by atoms with van der Waals surface area (Å²) in [7, 11) is 0. The summed E-state index contributed by atoms with van der Waals surface area (Å²) >= 11 is 0. The highest BCUT2D eigenvalue weighted by Gasteiger charge is 2.35. The Balaban J connectivity index is 3.21. The summed E-state index contributed by atoms with van der Waals surface area (Å²) in [5.74, 6) is -1.84. The number of aromatic hydroxyl groups is 1. The normalized spacial score (nSPS) is 14.1. The fourth-order valence-electron chi connectivity index (χ4n) is 2.89. The first-order chi connectivity index (χ1) is 14.8. The third-order valence-corrected chi connectivity index (χ3v) is 4.06. The maximum absolute atomic E-state index is 13.0. The second kappa shape index (κ2) is 10.9. The van der Waals surface area contributed by atoms with Crippen molar-refractivity contribution in [1.82, 2.24) is 5.32 Å². The Morgan fingerprint density at radius 2 is 1.24 bits per heavy atom. The summed E-state index contributed by atoms with van der Waals surface area (Å²) in [5, 5.41) is 12.1. The fraction of sp³-hybridized carbons (Fsp3) is 0.640. The van der Waals surface area contributed by atoms with Crippen LogP contribution in [0.25, 0.3) is 0 Å². The number of rotatable bonds is 7. The number of alkyl carbamates (subject to hydrolysis) is 1. The molecule has 0 saturated carbocycles. The van der Waals surface area contributed by atoms with Gasteiger partial charge in [0.15, 0.2) is 0 Å². The van der Waals surface area contributed by atoms with E-state index in [9.17, 15) is 19.5 Å². The van der Waals surface area contributed by atoms with Gasteiger partial charge in [-0.25, -0.2) is 9.59 Å². The average Bonchev–Trinajstić information content (AvgIpc) is 2.57. The molecule has 0 spiro atoms. The molecule has 0 heterocycles. The second-order valence-corrected chi connectivity index (χ2v) is 11.1. The standard InChI is InChI=1S/C25H39NO7/c1-23(2,3)31-20(28)17(14-16-10-12-18(27)13-11-16)15-19(21(29)32-24(4,5)6)26-22(30)33-25(7,8)9/h10-13,17,19,27H,14-15H2,1-9H3,(H,26,30)/t17-,19-/m0/s1. The maximum atomic E-state index is 13.0. The molecule has 0 radical (unpaired) electrons. The van der Waals surface area contributed by atoms with Crippen molar-refractivity contribution in [3.8, 4) is 5.75 Å². The van der Waals surface area contributed by atoms with Crippen LogP contribution in [-0.2, 0) is 30.2 Å². The van der Waals surface area contributed by atoms with Crippen molar-refractivity contribution in [3.05, 3.63) is 29.8 Å². The number of hydrogen-bond donors (Lipinski definition) is 2. The highest BCUT2D eigenvalue weighted by molar-refractivity contribution is 5.83. The molecular formula is C25H39NO7. The smallest absolute Gasteiger partial charge is 0.408 e. The Kier molecular flexibility index (Phi) is 9.33. The lowest BCUT2D eigenvalue weighted by Gasteiger charge is -2.29. The van der Waals surface area contributed by atoms with Crippen LogP contribution in [0.15, 0.2) is 24.3 Å². The molecule has 1 rings (SSSR count). The molecule has 0 fully saturated rings. The van der Waals surface area contributed by atoms with Crippen molar-refractivity contribution < 1.29 is 33.7 Å². The van der Waals surface area contributed by atoms with Crippen LogP contribution in [0.1, 0.15) is 74.3 Å². The summed E-state index contributed by atoms with van der Waals surface area (Å²) in [6.07, 6.45) is -0.597. The van der Waals surface area contributed by atoms with E-state index in [1.807, 2.05) is 0 Å². The minimum atomic E-state index is -1.13. The number of esters is 2. The number of amides is 1. The fourth-order valence-corrected chi connectivity index (χ4v) is 2.89. The topological polar surface area (TPSA) is 111 Å². The Bertz CT molecular complexity index is 811. The van der Waals surface area contributed by atoms with E-state index in [1.54, 1.807) is 74.4 Å². The molecule has 0 bridgehead atoms. The first-order valence-corrected chi connectivity index (χ1v) is 11.1. The molecule has 0 unspecified atom stereocenters. The van der Waals surface area contributed by atoms with Crippen LogP contribution in [0, 0.1) is 5.92 Å². The summed E-state index contributed by atoms with van der Waals surface area (Å²) < 4.78 is 16.4. The lowest BCUT2D eigenvalue weighted by atomic mass is 9.92. The SMILES string of the molecule is CC(C)(C)OC(=O)N[C@@H](C[C@H](Cc1ccc(O)cc1)C(=O)OC(C)(C)C)C(=O)OC(C)(C)C. The second-order valence-electron chi connectivity index (χ2n) is 11.1. The Morgan fingerprint density at radius 3 is 1.70 bits per heavy atom. The largest absolute Gasteiger partial charge is 0.508 e. The molecule has 2 N–H and O–H groups in total. The van der Waals surface area contributed by atoms with Crippen LogP contribution in [0.5, 0.6) is 5.75 Å². The molecule has 8 nitrogen and oxygen atoms in total. The van der Waals surface area contributed by atoms with Gasteiger partial charge in [-0.2, -0.15) is 0 Å². The van der Waals surface area contributed by atoms with E-state index >= 15 is 0 Å². The van der Waals surface area contributed by atoms with Gasteiger partial charge in [0.25, 0.3) is 0 Å². The zero-order valence-corrected chi connectivity index (χ0v) is 21.3. The third kappa shape index (κ3) is 12.2. The van der Waals surface area contributed by atoms with Gasteiger partial charge >= 0.3 is 18.0 Å². The quantitative estimate of drug-likeness (QED) is 0.450. The monoisotopic (exact) mass is 465 g/mol. The van der Waals surface area contributed by atoms with E-state index in [0.717, 1.165) is 5.56 Å². The number of ether oxygens (including phenoxy) is 3. The maximum Gasteiger partial charge on any atom is 0.408 e. The lowest BCUT2D eigenvalue weighted by Crippen LogP contribution is -2.48. The van der Waals surface area contributed by atoms with Crippen molar-refractivity contribution >= 4 is 18.0 Å². The molecule has 2 atom stereocenters. The summed E-state index contributed by atoms with van der Waals surface area (Å²) in [5.41, 5.74) is -1.52. The van der Waals surface area contributed by atoms with E-state index in [0.29, 0.717) is 0 Å². The van der Waals surface area contributed by atoms with Gasteiger partial charge in [0.05, 0.1) is 5.92 Å². The predicted octanol–water partition coefficient (Wildman–Crippen LogP) is 4.52. The average molecular weight is 466 g/mol. The minimum Gasteiger partial charge on any atom is -0.508 e. The van der Waals surface area contributed by atoms with Crippen LogP contribution in [-0.4, -0.2) is 46.0 Å². The summed E-state index contributed by atoms with van der Waals surface area (Å²) in [6, 6.07) is 5.29. The van der Waals surface area contributed by atoms with Crippen LogP contribution in [0.3, 0.4) is 0 Å². The number of hydrogen-bond acceptors (Lipinski definition) is 7. The number of carbonyl (C=O) groups excluding carboxylic acids is 3. The first kappa shape index (κ1) is 28.3. The van der Waals surface area contributed by atoms with Crippen molar-refractivity contribution in [3.63, 3.8) is 0 Å². The van der Waals surface area contributed by atoms with Crippen LogP contribution < -0.4 is 5.32 Å². The number of carbonyl (C=O) groups is 3. The highest BCUT2D eigenvalue weighted by atomic mass is 16.6. The molecule has 186 valence electrons. The molecule has 0 aliphatic heterocycles. The van der Waals surface area contributed by atoms with Gasteiger partial charge in [0.1, 0.15) is 28.6 Å². The first-order valence-electron chi connectivity index (χ1n) is 11.1. The van der Waals surface area contributed by atoms with Crippen LogP contribution in [0.2, 0.25) is 0 Å². The van der Waals surface area contributed by atoms with Gasteiger partial charge in [-0.1, -0.05) is 12.1 Å². The highest BCUT2D eigenvalue weighted by Crippen LogP contribution is 2.23. The molecule has 0 saturated heterocycles. The lowest BCUT2D eigenvalue weighted by molar-refractivity contribution is -0.162. The number of benzene rings is 1. The Morgan fingerprint density at radius 1 is 0.788 bits per heavy atom. The van der Waals surface area contributed by atoms with Crippen LogP contribution in [0.4, 0.5) is 4.79 Å². The van der Waals surface area contributed by atoms with Gasteiger partial charge in [-0.15, -0.1) is 0 Å². The molecule has 1 amide bonds. The molecule has 0 aliphatic rings. The zero-order valence-electron chi connectivity index (χ0n) is 21.3. The molecule has 8 heteroatoms. The molecule has 33 heavy (non-hydrogen) atoms. The van der Waals surface area contributed by atoms with E-state index in [4.69, 9.17) is 14.2 Å². The van der Waals surface area contributed by atoms with Gasteiger partial charge < -0.3 is 24.6 Å². The molecule has 0 aliphatic carbocycles. The number of phenolic OH excluding ortho intramolecular Hbond substituents is 1. The molecule has 0 aromatic heterocycles. The zero-order chi connectivity index (χ0) is 25.6. The summed E-state index contributed by atoms with van der Waals surface area (Å²) in [4.78, 5) is 38.4. The minimum absolute atomic E-state index is 0.0516. The number of nitrogens with one attached hydrogen (secondary N) is 1. The van der Waals surface area contributed by atoms with Gasteiger partial charge in [-0.3, -0.25) is 4.79 Å². The molecule has 1 aromatic rings. The van der Waals surface area contributed by atoms with E-state index in [2.05, 4.69) is 5.32 Å². The van der Waals surface area contributed by atoms with E-state index in [1.165, 1.54) is 12.1 Å². The molecule has 1 aromatic carbocycles. The van der Waals surface area contributed by atoms with Crippen molar-refractivity contribution in [2.75, 3.05) is 0 Å². The Hall–Kier alpha value is -2.77. The van der Waals surface area contributed by atoms with Crippen molar-refractivity contribution in [2.45, 2.75) is 98.0 Å². The van der Waals surface area contributed by atoms with Crippen molar-refractivity contribution in [1.29, 1.82) is 0 Å². The van der Waals surface area contributed by atoms with Gasteiger partial charge in [-0.05, 0) is 92.9 Å². The predicted molar refractivity (Wildman–Crippen MR) is 125 cm³/mol.